The molecule has 0 radical (unpaired) electrons. The van der Waals surface area contributed by atoms with E-state index < -0.39 is 17.4 Å². The standard InChI is InChI=1S/C11H15NO.C9H10O4/c13-11-6-7-12(9-11)8-10-4-2-1-3-5-10;1-9(8(12)13)4-2-3-6(5-9)7(10)11/h1-5,11,13H,6-9H2;2-4H,5H2,1H3,(H,10,11)(H,12,13). The molecule has 1 aliphatic heterocycles. The first-order valence-corrected chi connectivity index (χ1v) is 8.59. The van der Waals surface area contributed by atoms with E-state index in [0.717, 1.165) is 26.1 Å². The van der Waals surface area contributed by atoms with Crippen molar-refractivity contribution in [3.05, 3.63) is 59.7 Å². The molecular formula is C20H25NO5. The molecule has 1 fully saturated rings. The average molecular weight is 359 g/mol. The van der Waals surface area contributed by atoms with Crippen molar-refractivity contribution in [3.63, 3.8) is 0 Å². The molecule has 2 atom stereocenters. The second-order valence-electron chi connectivity index (χ2n) is 6.92. The van der Waals surface area contributed by atoms with Crippen LogP contribution < -0.4 is 0 Å². The molecule has 0 amide bonds. The van der Waals surface area contributed by atoms with E-state index in [2.05, 4.69) is 29.2 Å². The smallest absolute Gasteiger partial charge is 0.331 e. The molecule has 140 valence electrons. The first-order valence-electron chi connectivity index (χ1n) is 8.59. The lowest BCUT2D eigenvalue weighted by atomic mass is 9.80. The topological polar surface area (TPSA) is 98.1 Å². The van der Waals surface area contributed by atoms with Crippen LogP contribution in [0, 0.1) is 5.41 Å². The minimum Gasteiger partial charge on any atom is -0.481 e. The van der Waals surface area contributed by atoms with Crippen molar-refractivity contribution >= 4 is 11.9 Å². The lowest BCUT2D eigenvalue weighted by Gasteiger charge is -2.23. The molecule has 2 aliphatic rings. The Morgan fingerprint density at radius 3 is 2.46 bits per heavy atom. The van der Waals surface area contributed by atoms with Gasteiger partial charge in [-0.3, -0.25) is 9.69 Å². The van der Waals surface area contributed by atoms with Gasteiger partial charge in [-0.05, 0) is 25.3 Å². The summed E-state index contributed by atoms with van der Waals surface area (Å²) in [5.41, 5.74) is 0.381. The Balaban J connectivity index is 0.000000187. The zero-order chi connectivity index (χ0) is 19.2. The van der Waals surface area contributed by atoms with Gasteiger partial charge in [-0.2, -0.15) is 0 Å². The molecule has 1 aliphatic carbocycles. The number of benzene rings is 1. The summed E-state index contributed by atoms with van der Waals surface area (Å²) in [6.07, 6.45) is 5.25. The van der Waals surface area contributed by atoms with E-state index in [1.807, 2.05) is 6.07 Å². The van der Waals surface area contributed by atoms with E-state index in [1.165, 1.54) is 30.7 Å². The number of allylic oxidation sites excluding steroid dienone is 2. The number of carbonyl (C=O) groups is 2. The predicted molar refractivity (Wildman–Crippen MR) is 97.6 cm³/mol. The second kappa shape index (κ2) is 8.78. The van der Waals surface area contributed by atoms with E-state index in [0.29, 0.717) is 0 Å². The maximum absolute atomic E-state index is 10.8. The van der Waals surface area contributed by atoms with E-state index in [4.69, 9.17) is 10.2 Å². The minimum absolute atomic E-state index is 0.0359. The lowest BCUT2D eigenvalue weighted by Crippen LogP contribution is -2.28. The predicted octanol–water partition coefficient (Wildman–Crippen LogP) is 2.30. The van der Waals surface area contributed by atoms with Gasteiger partial charge in [-0.25, -0.2) is 4.79 Å². The number of aliphatic carboxylic acids is 2. The fourth-order valence-corrected chi connectivity index (χ4v) is 2.98. The summed E-state index contributed by atoms with van der Waals surface area (Å²) in [4.78, 5) is 23.6. The molecule has 26 heavy (non-hydrogen) atoms. The first-order chi connectivity index (χ1) is 12.3. The number of hydrogen-bond donors (Lipinski definition) is 3. The number of aliphatic hydroxyl groups excluding tert-OH is 1. The van der Waals surface area contributed by atoms with E-state index in [-0.39, 0.29) is 18.1 Å². The highest BCUT2D eigenvalue weighted by Gasteiger charge is 2.34. The van der Waals surface area contributed by atoms with Crippen LogP contribution in [0.1, 0.15) is 25.3 Å². The van der Waals surface area contributed by atoms with Crippen LogP contribution in [-0.4, -0.2) is 51.4 Å². The average Bonchev–Trinajstić information content (AvgIpc) is 3.01. The lowest BCUT2D eigenvalue weighted by molar-refractivity contribution is -0.145. The Labute approximate surface area is 153 Å². The number of nitrogens with zero attached hydrogens (tertiary/aromatic N) is 1. The van der Waals surface area contributed by atoms with Crippen LogP contribution in [0.5, 0.6) is 0 Å². The van der Waals surface area contributed by atoms with Gasteiger partial charge in [0.15, 0.2) is 0 Å². The van der Waals surface area contributed by atoms with Crippen molar-refractivity contribution in [2.45, 2.75) is 32.4 Å². The van der Waals surface area contributed by atoms with E-state index >= 15 is 0 Å². The number of carboxylic acids is 2. The molecule has 0 spiro atoms. The fourth-order valence-electron chi connectivity index (χ4n) is 2.98. The van der Waals surface area contributed by atoms with Gasteiger partial charge in [0.25, 0.3) is 0 Å². The minimum atomic E-state index is -1.08. The highest BCUT2D eigenvalue weighted by atomic mass is 16.4. The third-order valence-electron chi connectivity index (χ3n) is 4.58. The summed E-state index contributed by atoms with van der Waals surface area (Å²) in [7, 11) is 0. The highest BCUT2D eigenvalue weighted by molar-refractivity contribution is 5.90. The van der Waals surface area contributed by atoms with Crippen molar-refractivity contribution < 1.29 is 24.9 Å². The van der Waals surface area contributed by atoms with Crippen molar-refractivity contribution in [1.82, 2.24) is 4.90 Å². The Bertz CT molecular complexity index is 697. The van der Waals surface area contributed by atoms with Gasteiger partial charge in [0, 0.05) is 25.2 Å². The molecule has 2 unspecified atom stereocenters. The normalized spacial score (nSPS) is 25.2. The van der Waals surface area contributed by atoms with Crippen LogP contribution in [-0.2, 0) is 16.1 Å². The van der Waals surface area contributed by atoms with Gasteiger partial charge >= 0.3 is 11.9 Å². The summed E-state index contributed by atoms with van der Waals surface area (Å²) < 4.78 is 0. The van der Waals surface area contributed by atoms with E-state index in [9.17, 15) is 14.7 Å². The summed E-state index contributed by atoms with van der Waals surface area (Å²) in [6, 6.07) is 10.4. The first kappa shape index (κ1) is 19.9. The van der Waals surface area contributed by atoms with Crippen LogP contribution in [0.25, 0.3) is 0 Å². The number of carboxylic acid groups (broad SMARTS) is 2. The van der Waals surface area contributed by atoms with Crippen molar-refractivity contribution in [2.24, 2.45) is 5.41 Å². The van der Waals surface area contributed by atoms with Gasteiger partial charge in [0.05, 0.1) is 11.5 Å². The molecule has 0 bridgehead atoms. The quantitative estimate of drug-likeness (QED) is 0.763. The molecule has 1 aromatic carbocycles. The molecule has 0 aromatic heterocycles. The molecule has 3 rings (SSSR count). The fraction of sp³-hybridized carbons (Fsp3) is 0.400. The highest BCUT2D eigenvalue weighted by Crippen LogP contribution is 2.31. The van der Waals surface area contributed by atoms with Crippen LogP contribution >= 0.6 is 0 Å². The molecular weight excluding hydrogens is 334 g/mol. The molecule has 1 heterocycles. The van der Waals surface area contributed by atoms with Gasteiger partial charge in [0.2, 0.25) is 0 Å². The zero-order valence-corrected chi connectivity index (χ0v) is 14.8. The largest absolute Gasteiger partial charge is 0.481 e. The van der Waals surface area contributed by atoms with Gasteiger partial charge in [0.1, 0.15) is 0 Å². The second-order valence-corrected chi connectivity index (χ2v) is 6.92. The third-order valence-corrected chi connectivity index (χ3v) is 4.58. The summed E-state index contributed by atoms with van der Waals surface area (Å²) in [5, 5.41) is 26.8. The van der Waals surface area contributed by atoms with Crippen LogP contribution in [0.2, 0.25) is 0 Å². The molecule has 1 saturated heterocycles. The van der Waals surface area contributed by atoms with Crippen molar-refractivity contribution in [1.29, 1.82) is 0 Å². The molecule has 3 N–H and O–H groups in total. The van der Waals surface area contributed by atoms with Gasteiger partial charge < -0.3 is 15.3 Å². The number of rotatable bonds is 4. The Morgan fingerprint density at radius 1 is 1.23 bits per heavy atom. The molecule has 0 saturated carbocycles. The Morgan fingerprint density at radius 2 is 1.92 bits per heavy atom. The van der Waals surface area contributed by atoms with Gasteiger partial charge in [-0.15, -0.1) is 0 Å². The maximum Gasteiger partial charge on any atom is 0.331 e. The van der Waals surface area contributed by atoms with Crippen LogP contribution in [0.3, 0.4) is 0 Å². The van der Waals surface area contributed by atoms with Crippen LogP contribution in [0.4, 0.5) is 0 Å². The maximum atomic E-state index is 10.8. The van der Waals surface area contributed by atoms with Crippen molar-refractivity contribution in [3.8, 4) is 0 Å². The monoisotopic (exact) mass is 359 g/mol. The number of hydrogen-bond acceptors (Lipinski definition) is 4. The number of likely N-dealkylation sites (tertiary alicyclic amines) is 1. The molecule has 1 aromatic rings. The Hall–Kier alpha value is -2.44. The summed E-state index contributed by atoms with van der Waals surface area (Å²) >= 11 is 0. The van der Waals surface area contributed by atoms with Gasteiger partial charge in [-0.1, -0.05) is 48.6 Å². The zero-order valence-electron chi connectivity index (χ0n) is 14.8. The van der Waals surface area contributed by atoms with Crippen molar-refractivity contribution in [2.75, 3.05) is 13.1 Å². The Kier molecular flexibility index (Phi) is 6.71. The summed E-state index contributed by atoms with van der Waals surface area (Å²) in [5.74, 6) is -2.06. The number of β-amino-alcohol motifs (C(OH)–C–C–N with tert-alkyl or cyclic N) is 1. The van der Waals surface area contributed by atoms with Crippen LogP contribution in [0.15, 0.2) is 54.1 Å². The third kappa shape index (κ3) is 5.54. The molecule has 6 heteroatoms. The SMILES string of the molecule is CC1(C(=O)O)C=CC=C(C(=O)O)C1.OC1CCN(Cc2ccccc2)C1. The summed E-state index contributed by atoms with van der Waals surface area (Å²) in [6.45, 7) is 4.32. The molecule has 6 nitrogen and oxygen atoms in total. The van der Waals surface area contributed by atoms with E-state index in [1.54, 1.807) is 0 Å². The number of aliphatic hydroxyl groups is 1.